The number of benzene rings is 2. The van der Waals surface area contributed by atoms with Crippen LogP contribution in [0.15, 0.2) is 60.2 Å². The Morgan fingerprint density at radius 2 is 1.62 bits per heavy atom. The molecular weight excluding hydrogens is 344 g/mol. The van der Waals surface area contributed by atoms with Crippen LogP contribution in [0.2, 0.25) is 0 Å². The maximum Gasteiger partial charge on any atom is 0.234 e. The van der Waals surface area contributed by atoms with Crippen LogP contribution in [0.5, 0.6) is 0 Å². The van der Waals surface area contributed by atoms with Crippen LogP contribution >= 0.6 is 11.8 Å². The van der Waals surface area contributed by atoms with Crippen LogP contribution in [0.1, 0.15) is 41.8 Å². The third-order valence-electron chi connectivity index (χ3n) is 4.99. The summed E-state index contributed by atoms with van der Waals surface area (Å²) in [6.45, 7) is 4.12. The molecule has 1 unspecified atom stereocenters. The molecule has 1 heterocycles. The zero-order chi connectivity index (χ0) is 18.3. The standard InChI is InChI=1S/C22H20O3S/c1-22(2)18(26-13-14-8-4-3-5-9-14)12-17-20(24)19(23)15-10-6-7-11-16(15)21(17)25-22/h3-11,18H,12-13H2,1-2H3. The lowest BCUT2D eigenvalue weighted by Crippen LogP contribution is -2.43. The first kappa shape index (κ1) is 17.1. The number of thioether (sulfide) groups is 1. The highest BCUT2D eigenvalue weighted by Crippen LogP contribution is 2.45. The fourth-order valence-corrected chi connectivity index (χ4v) is 4.82. The molecule has 0 aromatic heterocycles. The quantitative estimate of drug-likeness (QED) is 0.743. The largest absolute Gasteiger partial charge is 0.486 e. The average Bonchev–Trinajstić information content (AvgIpc) is 2.65. The summed E-state index contributed by atoms with van der Waals surface area (Å²) in [4.78, 5) is 25.1. The van der Waals surface area contributed by atoms with Crippen LogP contribution in [0, 0.1) is 0 Å². The number of ether oxygens (including phenoxy) is 1. The maximum absolute atomic E-state index is 12.7. The van der Waals surface area contributed by atoms with Crippen LogP contribution in [0.3, 0.4) is 0 Å². The second kappa shape index (κ2) is 6.44. The van der Waals surface area contributed by atoms with Crippen molar-refractivity contribution in [2.45, 2.75) is 36.9 Å². The van der Waals surface area contributed by atoms with Crippen molar-refractivity contribution < 1.29 is 14.3 Å². The van der Waals surface area contributed by atoms with Crippen LogP contribution < -0.4 is 0 Å². The summed E-state index contributed by atoms with van der Waals surface area (Å²) in [5.74, 6) is 0.598. The summed E-state index contributed by atoms with van der Waals surface area (Å²) >= 11 is 1.78. The summed E-state index contributed by atoms with van der Waals surface area (Å²) < 4.78 is 6.31. The van der Waals surface area contributed by atoms with Gasteiger partial charge in [-0.2, -0.15) is 0 Å². The molecule has 0 N–H and O–H groups in total. The molecule has 26 heavy (non-hydrogen) atoms. The lowest BCUT2D eigenvalue weighted by Gasteiger charge is -2.42. The summed E-state index contributed by atoms with van der Waals surface area (Å²) in [6, 6.07) is 17.5. The molecule has 1 aliphatic carbocycles. The van der Waals surface area contributed by atoms with Crippen molar-refractivity contribution in [2.24, 2.45) is 0 Å². The molecule has 0 saturated heterocycles. The molecule has 1 atom stereocenters. The molecule has 0 bridgehead atoms. The SMILES string of the molecule is CC1(C)OC2=C(CC1SCc1ccccc1)C(=O)C(=O)c1ccccc12. The molecular formula is C22H20O3S. The van der Waals surface area contributed by atoms with Crippen molar-refractivity contribution in [1.29, 1.82) is 0 Å². The molecule has 0 spiro atoms. The van der Waals surface area contributed by atoms with Crippen molar-refractivity contribution in [3.05, 3.63) is 76.9 Å². The van der Waals surface area contributed by atoms with Gasteiger partial charge in [-0.25, -0.2) is 0 Å². The summed E-state index contributed by atoms with van der Waals surface area (Å²) in [6.07, 6.45) is 0.554. The van der Waals surface area contributed by atoms with Crippen molar-refractivity contribution >= 4 is 29.1 Å². The van der Waals surface area contributed by atoms with E-state index in [0.29, 0.717) is 23.3 Å². The minimum Gasteiger partial charge on any atom is -0.486 e. The fraction of sp³-hybridized carbons (Fsp3) is 0.273. The number of fused-ring (bicyclic) bond motifs is 2. The normalized spacial score (nSPS) is 21.1. The van der Waals surface area contributed by atoms with E-state index in [9.17, 15) is 9.59 Å². The molecule has 3 nitrogen and oxygen atoms in total. The Balaban J connectivity index is 1.66. The van der Waals surface area contributed by atoms with Gasteiger partial charge in [-0.05, 0) is 25.8 Å². The topological polar surface area (TPSA) is 43.4 Å². The first-order valence-corrected chi connectivity index (χ1v) is 9.78. The second-order valence-electron chi connectivity index (χ2n) is 7.21. The molecule has 0 fully saturated rings. The van der Waals surface area contributed by atoms with Gasteiger partial charge in [0, 0.05) is 27.7 Å². The number of hydrogen-bond acceptors (Lipinski definition) is 4. The number of Topliss-reactive ketones (excluding diaryl/α,β-unsaturated/α-hetero) is 2. The highest BCUT2D eigenvalue weighted by Gasteiger charge is 2.45. The molecule has 2 aromatic rings. The minimum atomic E-state index is -0.425. The highest BCUT2D eigenvalue weighted by atomic mass is 32.2. The Bertz CT molecular complexity index is 912. The van der Waals surface area contributed by atoms with Crippen molar-refractivity contribution in [2.75, 3.05) is 0 Å². The van der Waals surface area contributed by atoms with Gasteiger partial charge < -0.3 is 4.74 Å². The Morgan fingerprint density at radius 3 is 2.35 bits per heavy atom. The third kappa shape index (κ3) is 2.88. The van der Waals surface area contributed by atoms with Gasteiger partial charge in [0.15, 0.2) is 0 Å². The van der Waals surface area contributed by atoms with E-state index in [1.165, 1.54) is 5.56 Å². The van der Waals surface area contributed by atoms with E-state index in [0.717, 1.165) is 11.3 Å². The number of hydrogen-bond donors (Lipinski definition) is 0. The average molecular weight is 364 g/mol. The van der Waals surface area contributed by atoms with E-state index >= 15 is 0 Å². The maximum atomic E-state index is 12.7. The zero-order valence-electron chi connectivity index (χ0n) is 14.8. The summed E-state index contributed by atoms with van der Waals surface area (Å²) in [7, 11) is 0. The van der Waals surface area contributed by atoms with E-state index in [2.05, 4.69) is 26.0 Å². The van der Waals surface area contributed by atoms with Crippen LogP contribution in [0.4, 0.5) is 0 Å². The predicted molar refractivity (Wildman–Crippen MR) is 104 cm³/mol. The molecule has 4 rings (SSSR count). The monoisotopic (exact) mass is 364 g/mol. The second-order valence-corrected chi connectivity index (χ2v) is 8.40. The smallest absolute Gasteiger partial charge is 0.234 e. The van der Waals surface area contributed by atoms with Crippen LogP contribution in [-0.4, -0.2) is 22.4 Å². The van der Waals surface area contributed by atoms with Crippen molar-refractivity contribution in [3.8, 4) is 0 Å². The molecule has 2 aliphatic rings. The summed E-state index contributed by atoms with van der Waals surface area (Å²) in [5.41, 5.74) is 2.53. The molecule has 132 valence electrons. The van der Waals surface area contributed by atoms with E-state index < -0.39 is 17.2 Å². The van der Waals surface area contributed by atoms with Crippen LogP contribution in [-0.2, 0) is 15.3 Å². The molecule has 1 aliphatic heterocycles. The molecule has 0 saturated carbocycles. The minimum absolute atomic E-state index is 0.100. The first-order chi connectivity index (χ1) is 12.5. The Morgan fingerprint density at radius 1 is 0.962 bits per heavy atom. The van der Waals surface area contributed by atoms with Crippen molar-refractivity contribution in [1.82, 2.24) is 0 Å². The van der Waals surface area contributed by atoms with E-state index in [4.69, 9.17) is 4.74 Å². The van der Waals surface area contributed by atoms with Gasteiger partial charge in [0.05, 0.1) is 0 Å². The fourth-order valence-electron chi connectivity index (χ4n) is 3.50. The lowest BCUT2D eigenvalue weighted by molar-refractivity contribution is -0.112. The number of carbonyl (C=O) groups excluding carboxylic acids is 2. The van der Waals surface area contributed by atoms with Gasteiger partial charge >= 0.3 is 0 Å². The highest BCUT2D eigenvalue weighted by molar-refractivity contribution is 7.99. The predicted octanol–water partition coefficient (Wildman–Crippen LogP) is 4.66. The third-order valence-corrected chi connectivity index (χ3v) is 6.63. The van der Waals surface area contributed by atoms with E-state index in [-0.39, 0.29) is 5.25 Å². The van der Waals surface area contributed by atoms with Crippen LogP contribution in [0.25, 0.3) is 5.76 Å². The van der Waals surface area contributed by atoms with Gasteiger partial charge in [0.1, 0.15) is 11.4 Å². The number of rotatable bonds is 3. The molecule has 0 amide bonds. The Kier molecular flexibility index (Phi) is 4.23. The van der Waals surface area contributed by atoms with E-state index in [1.54, 1.807) is 23.9 Å². The van der Waals surface area contributed by atoms with Gasteiger partial charge in [-0.3, -0.25) is 9.59 Å². The van der Waals surface area contributed by atoms with E-state index in [1.807, 2.05) is 30.3 Å². The molecule has 2 aromatic carbocycles. The van der Waals surface area contributed by atoms with Gasteiger partial charge in [0.25, 0.3) is 0 Å². The number of carbonyl (C=O) groups is 2. The molecule has 4 heteroatoms. The summed E-state index contributed by atoms with van der Waals surface area (Å²) in [5, 5.41) is 0.100. The first-order valence-electron chi connectivity index (χ1n) is 8.73. The van der Waals surface area contributed by atoms with Gasteiger partial charge in [0.2, 0.25) is 11.6 Å². The number of allylic oxidation sites excluding steroid dienone is 1. The molecule has 0 radical (unpaired) electrons. The zero-order valence-corrected chi connectivity index (χ0v) is 15.6. The van der Waals surface area contributed by atoms with Crippen molar-refractivity contribution in [3.63, 3.8) is 0 Å². The lowest BCUT2D eigenvalue weighted by atomic mass is 9.82. The van der Waals surface area contributed by atoms with Gasteiger partial charge in [-0.1, -0.05) is 54.6 Å². The van der Waals surface area contributed by atoms with Gasteiger partial charge in [-0.15, -0.1) is 11.8 Å². The Labute approximate surface area is 157 Å². The Hall–Kier alpha value is -2.33. The number of ketones is 2.